The highest BCUT2D eigenvalue weighted by Gasteiger charge is 2.10. The molecule has 1 amide bonds. The molecule has 0 radical (unpaired) electrons. The molecule has 0 saturated heterocycles. The molecule has 0 fully saturated rings. The monoisotopic (exact) mass is 289 g/mol. The van der Waals surface area contributed by atoms with Gasteiger partial charge in [0, 0.05) is 37.3 Å². The third kappa shape index (κ3) is 6.44. The van der Waals surface area contributed by atoms with Crippen LogP contribution in [0.3, 0.4) is 0 Å². The summed E-state index contributed by atoms with van der Waals surface area (Å²) in [6.45, 7) is 4.55. The first-order chi connectivity index (χ1) is 10.1. The summed E-state index contributed by atoms with van der Waals surface area (Å²) in [4.78, 5) is 12.2. The molecule has 4 nitrogen and oxygen atoms in total. The van der Waals surface area contributed by atoms with E-state index in [1.165, 1.54) is 0 Å². The maximum atomic E-state index is 12.2. The Morgan fingerprint density at radius 1 is 1.43 bits per heavy atom. The van der Waals surface area contributed by atoms with E-state index in [2.05, 4.69) is 17.2 Å². The average molecular weight is 289 g/mol. The zero-order valence-corrected chi connectivity index (χ0v) is 12.9. The van der Waals surface area contributed by atoms with Crippen molar-refractivity contribution in [3.63, 3.8) is 0 Å². The summed E-state index contributed by atoms with van der Waals surface area (Å²) in [5.41, 5.74) is 2.38. The molecule has 1 aromatic rings. The van der Waals surface area contributed by atoms with Crippen LogP contribution in [0.25, 0.3) is 0 Å². The summed E-state index contributed by atoms with van der Waals surface area (Å²) in [5, 5.41) is 11.7. The first kappa shape index (κ1) is 17.2. The van der Waals surface area contributed by atoms with Crippen molar-refractivity contribution in [1.29, 1.82) is 0 Å². The van der Waals surface area contributed by atoms with Gasteiger partial charge in [-0.25, -0.2) is 0 Å². The highest BCUT2D eigenvalue weighted by atomic mass is 16.5. The zero-order chi connectivity index (χ0) is 15.7. The molecule has 1 aromatic carbocycles. The highest BCUT2D eigenvalue weighted by Crippen LogP contribution is 2.09. The van der Waals surface area contributed by atoms with Gasteiger partial charge in [0.2, 0.25) is 0 Å². The van der Waals surface area contributed by atoms with Gasteiger partial charge in [-0.15, -0.1) is 0 Å². The Hall–Kier alpha value is -1.83. The third-order valence-electron chi connectivity index (χ3n) is 2.94. The topological polar surface area (TPSA) is 58.6 Å². The molecule has 0 aliphatic heterocycles. The molecule has 0 saturated carbocycles. The van der Waals surface area contributed by atoms with Gasteiger partial charge in [0.25, 0.3) is 5.91 Å². The fraction of sp³-hybridized carbons (Fsp3) is 0.471. The standard InChI is InChI=1S/C17H23NO3/c1-13-10-15(6-4-5-8-19)12-16(11-13)17(20)18-14(2)7-9-21-3/h10-12,14,19H,5,7-9H2,1-3H3,(H,18,20). The second-order valence-electron chi connectivity index (χ2n) is 5.02. The molecule has 114 valence electrons. The summed E-state index contributed by atoms with van der Waals surface area (Å²) in [5.74, 6) is 5.72. The Labute approximate surface area is 126 Å². The van der Waals surface area contributed by atoms with E-state index in [0.29, 0.717) is 18.6 Å². The number of carbonyl (C=O) groups excluding carboxylic acids is 1. The molecule has 0 bridgehead atoms. The first-order valence-electron chi connectivity index (χ1n) is 7.08. The number of rotatable bonds is 6. The number of methoxy groups -OCH3 is 1. The average Bonchev–Trinajstić information content (AvgIpc) is 2.44. The molecule has 0 spiro atoms. The lowest BCUT2D eigenvalue weighted by atomic mass is 10.1. The summed E-state index contributed by atoms with van der Waals surface area (Å²) in [6.07, 6.45) is 1.21. The van der Waals surface area contributed by atoms with Crippen molar-refractivity contribution in [2.75, 3.05) is 20.3 Å². The van der Waals surface area contributed by atoms with Crippen LogP contribution in [0.5, 0.6) is 0 Å². The van der Waals surface area contributed by atoms with Crippen LogP contribution in [0.15, 0.2) is 18.2 Å². The number of benzene rings is 1. The number of amides is 1. The van der Waals surface area contributed by atoms with Crippen molar-refractivity contribution in [3.8, 4) is 11.8 Å². The Morgan fingerprint density at radius 3 is 2.86 bits per heavy atom. The molecular formula is C17H23NO3. The molecule has 1 atom stereocenters. The van der Waals surface area contributed by atoms with Gasteiger partial charge in [-0.3, -0.25) is 4.79 Å². The summed E-state index contributed by atoms with van der Waals surface area (Å²) in [7, 11) is 1.65. The molecule has 0 aromatic heterocycles. The summed E-state index contributed by atoms with van der Waals surface area (Å²) >= 11 is 0. The first-order valence-corrected chi connectivity index (χ1v) is 7.08. The zero-order valence-electron chi connectivity index (χ0n) is 12.9. The predicted molar refractivity (Wildman–Crippen MR) is 83.2 cm³/mol. The van der Waals surface area contributed by atoms with Crippen LogP contribution < -0.4 is 5.32 Å². The van der Waals surface area contributed by atoms with Crippen molar-refractivity contribution in [3.05, 3.63) is 34.9 Å². The molecule has 1 unspecified atom stereocenters. The lowest BCUT2D eigenvalue weighted by molar-refractivity contribution is 0.0929. The van der Waals surface area contributed by atoms with Crippen molar-refractivity contribution < 1.29 is 14.6 Å². The minimum Gasteiger partial charge on any atom is -0.395 e. The van der Waals surface area contributed by atoms with Crippen LogP contribution in [0.2, 0.25) is 0 Å². The SMILES string of the molecule is COCCC(C)NC(=O)c1cc(C)cc(C#CCCO)c1. The minimum absolute atomic E-state index is 0.0448. The van der Waals surface area contributed by atoms with Gasteiger partial charge in [0.1, 0.15) is 0 Å². The number of aliphatic hydroxyl groups is 1. The minimum atomic E-state index is -0.104. The van der Waals surface area contributed by atoms with Gasteiger partial charge in [0.15, 0.2) is 0 Å². The van der Waals surface area contributed by atoms with Gasteiger partial charge < -0.3 is 15.2 Å². The molecule has 0 aliphatic carbocycles. The molecule has 21 heavy (non-hydrogen) atoms. The Balaban J connectivity index is 2.78. The molecule has 0 aliphatic rings. The second kappa shape index (κ2) is 9.17. The van der Waals surface area contributed by atoms with Crippen LogP contribution in [0.4, 0.5) is 0 Å². The van der Waals surface area contributed by atoms with Crippen LogP contribution in [0.1, 0.15) is 41.3 Å². The fourth-order valence-electron chi connectivity index (χ4n) is 1.88. The number of carbonyl (C=O) groups is 1. The number of hydrogen-bond donors (Lipinski definition) is 2. The summed E-state index contributed by atoms with van der Waals surface area (Å²) < 4.78 is 5.00. The molecule has 1 rings (SSSR count). The van der Waals surface area contributed by atoms with Gasteiger partial charge in [-0.05, 0) is 44.0 Å². The lowest BCUT2D eigenvalue weighted by Gasteiger charge is -2.13. The molecular weight excluding hydrogens is 266 g/mol. The van der Waals surface area contributed by atoms with E-state index in [4.69, 9.17) is 9.84 Å². The van der Waals surface area contributed by atoms with E-state index in [1.54, 1.807) is 13.2 Å². The van der Waals surface area contributed by atoms with Crippen LogP contribution in [-0.4, -0.2) is 37.4 Å². The van der Waals surface area contributed by atoms with Crippen molar-refractivity contribution >= 4 is 5.91 Å². The van der Waals surface area contributed by atoms with Crippen LogP contribution in [-0.2, 0) is 4.74 Å². The van der Waals surface area contributed by atoms with Crippen molar-refractivity contribution in [1.82, 2.24) is 5.32 Å². The normalized spacial score (nSPS) is 11.4. The number of aryl methyl sites for hydroxylation is 1. The molecule has 0 heterocycles. The van der Waals surface area contributed by atoms with Crippen LogP contribution in [0, 0.1) is 18.8 Å². The Bertz CT molecular complexity index is 529. The fourth-order valence-corrected chi connectivity index (χ4v) is 1.88. The van der Waals surface area contributed by atoms with Gasteiger partial charge >= 0.3 is 0 Å². The van der Waals surface area contributed by atoms with Gasteiger partial charge in [-0.1, -0.05) is 11.8 Å². The Kier molecular flexibility index (Phi) is 7.52. The smallest absolute Gasteiger partial charge is 0.251 e. The second-order valence-corrected chi connectivity index (χ2v) is 5.02. The van der Waals surface area contributed by atoms with E-state index in [0.717, 1.165) is 17.5 Å². The number of aliphatic hydroxyl groups excluding tert-OH is 1. The van der Waals surface area contributed by atoms with Crippen molar-refractivity contribution in [2.45, 2.75) is 32.7 Å². The maximum absolute atomic E-state index is 12.2. The molecule has 4 heteroatoms. The number of hydrogen-bond acceptors (Lipinski definition) is 3. The lowest BCUT2D eigenvalue weighted by Crippen LogP contribution is -2.33. The Morgan fingerprint density at radius 2 is 2.19 bits per heavy atom. The number of ether oxygens (including phenoxy) is 1. The maximum Gasteiger partial charge on any atom is 0.251 e. The summed E-state index contributed by atoms with van der Waals surface area (Å²) in [6, 6.07) is 5.60. The van der Waals surface area contributed by atoms with Crippen molar-refractivity contribution in [2.24, 2.45) is 0 Å². The molecule has 2 N–H and O–H groups in total. The van der Waals surface area contributed by atoms with E-state index in [1.807, 2.05) is 26.0 Å². The highest BCUT2D eigenvalue weighted by molar-refractivity contribution is 5.95. The van der Waals surface area contributed by atoms with E-state index in [-0.39, 0.29) is 18.6 Å². The largest absolute Gasteiger partial charge is 0.395 e. The number of nitrogens with one attached hydrogen (secondary N) is 1. The quantitative estimate of drug-likeness (QED) is 0.786. The third-order valence-corrected chi connectivity index (χ3v) is 2.94. The predicted octanol–water partition coefficient (Wildman–Crippen LogP) is 1.88. The van der Waals surface area contributed by atoms with Gasteiger partial charge in [-0.2, -0.15) is 0 Å². The van der Waals surface area contributed by atoms with Crippen LogP contribution >= 0.6 is 0 Å². The van der Waals surface area contributed by atoms with E-state index in [9.17, 15) is 4.79 Å². The van der Waals surface area contributed by atoms with Gasteiger partial charge in [0.05, 0.1) is 6.61 Å². The van der Waals surface area contributed by atoms with E-state index >= 15 is 0 Å². The van der Waals surface area contributed by atoms with E-state index < -0.39 is 0 Å².